The number of pyridine rings is 3. The number of carbonyl (C=O) groups is 3. The second-order valence-corrected chi connectivity index (χ2v) is 17.9. The Bertz CT molecular complexity index is 4580. The summed E-state index contributed by atoms with van der Waals surface area (Å²) in [6, 6.07) is 28.8. The third kappa shape index (κ3) is 11.8. The van der Waals surface area contributed by atoms with Crippen molar-refractivity contribution in [2.24, 2.45) is 0 Å². The van der Waals surface area contributed by atoms with Crippen LogP contribution in [0.3, 0.4) is 0 Å². The predicted molar refractivity (Wildman–Crippen MR) is 309 cm³/mol. The van der Waals surface area contributed by atoms with Gasteiger partial charge in [-0.1, -0.05) is 36.4 Å². The highest BCUT2D eigenvalue weighted by molar-refractivity contribution is 5.81. The number of hydrogen-bond donors (Lipinski definition) is 6. The summed E-state index contributed by atoms with van der Waals surface area (Å²) in [5.41, 5.74) is 21.7. The van der Waals surface area contributed by atoms with E-state index in [1.165, 1.54) is 39.0 Å². The maximum Gasteiger partial charge on any atom is 0.440 e. The molecule has 0 unspecified atom stereocenters. The smallest absolute Gasteiger partial charge is 0.440 e. The van der Waals surface area contributed by atoms with Gasteiger partial charge in [-0.05, 0) is 69.3 Å². The van der Waals surface area contributed by atoms with Crippen molar-refractivity contribution in [1.29, 1.82) is 0 Å². The Morgan fingerprint density at radius 3 is 1.43 bits per heavy atom. The van der Waals surface area contributed by atoms with Crippen LogP contribution in [0.5, 0.6) is 5.75 Å². The Morgan fingerprint density at radius 2 is 0.942 bits per heavy atom. The van der Waals surface area contributed by atoms with Gasteiger partial charge in [0.2, 0.25) is 17.8 Å². The number of nitrogen functional groups attached to an aromatic ring is 3. The number of nitrogens with zero attached hydrogens (tertiary/aromatic N) is 21. The number of rotatable bonds is 10. The number of anilines is 9. The molecule has 0 saturated carbocycles. The Balaban J connectivity index is 0.000000135. The molecule has 0 fully saturated rings. The highest BCUT2D eigenvalue weighted by atomic mass is 16.6. The number of imidazole rings is 3. The maximum absolute atomic E-state index is 12.4. The molecule has 12 aromatic heterocycles. The summed E-state index contributed by atoms with van der Waals surface area (Å²) in [7, 11) is 2.56. The fourth-order valence-electron chi connectivity index (χ4n) is 8.43. The average Bonchev–Trinajstić information content (AvgIpc) is 2.02. The average molecular weight is 1160 g/mol. The quantitative estimate of drug-likeness (QED) is 0.0871. The topological polar surface area (TPSA) is 414 Å². The second-order valence-electron chi connectivity index (χ2n) is 17.9. The van der Waals surface area contributed by atoms with Crippen LogP contribution in [0.2, 0.25) is 0 Å². The maximum atomic E-state index is 12.4. The molecule has 9 N–H and O–H groups in total. The zero-order chi connectivity index (χ0) is 60.0. The van der Waals surface area contributed by atoms with E-state index in [9.17, 15) is 14.4 Å². The number of hydrogen-bond acceptors (Lipinski definition) is 27. The minimum absolute atomic E-state index is 0.105. The van der Waals surface area contributed by atoms with E-state index in [1.54, 1.807) is 57.2 Å². The first-order valence-electron chi connectivity index (χ1n) is 25.4. The molecule has 0 spiro atoms. The van der Waals surface area contributed by atoms with Gasteiger partial charge in [-0.2, -0.15) is 49.5 Å². The number of fused-ring (bicyclic) bond motifs is 3. The van der Waals surface area contributed by atoms with Gasteiger partial charge in [0.1, 0.15) is 63.1 Å². The van der Waals surface area contributed by atoms with E-state index >= 15 is 0 Å². The zero-order valence-electron chi connectivity index (χ0n) is 45.9. The molecule has 0 aliphatic heterocycles. The van der Waals surface area contributed by atoms with E-state index in [2.05, 4.69) is 95.8 Å². The van der Waals surface area contributed by atoms with Crippen molar-refractivity contribution in [3.05, 3.63) is 158 Å². The first kappa shape index (κ1) is 55.1. The van der Waals surface area contributed by atoms with Gasteiger partial charge in [-0.15, -0.1) is 9.78 Å². The van der Waals surface area contributed by atoms with Crippen LogP contribution in [0.1, 0.15) is 17.5 Å². The van der Waals surface area contributed by atoms with Crippen molar-refractivity contribution in [1.82, 2.24) is 102 Å². The molecule has 86 heavy (non-hydrogen) atoms. The third-order valence-electron chi connectivity index (χ3n) is 11.9. The summed E-state index contributed by atoms with van der Waals surface area (Å²) in [5.74, 6) is 5.45. The van der Waals surface area contributed by atoms with Crippen LogP contribution >= 0.6 is 0 Å². The number of nitrogens with two attached hydrogens (primary N) is 3. The third-order valence-corrected chi connectivity index (χ3v) is 11.9. The minimum Gasteiger partial charge on any atom is -0.451 e. The summed E-state index contributed by atoms with van der Waals surface area (Å²) in [5, 5.41) is 21.5. The second kappa shape index (κ2) is 23.7. The predicted octanol–water partition coefficient (Wildman–Crippen LogP) is 6.33. The van der Waals surface area contributed by atoms with Gasteiger partial charge in [-0.3, -0.25) is 13.2 Å². The SMILES string of the molecule is COC(=O)n1ccc(Nc2nc3ccccn3c2-c2nc(C)nc(N)n2)n1.COC(=O)n1nccc1Nc1nc2ccccn2c1-c1nc(C)nc(N)n1.Cc1nc(N)nc(-c2c(Nc3cnn(C(=O)Oc4ccccc4)c3)nc3ccccn23)n1. The normalized spacial score (nSPS) is 10.9. The number of ether oxygens (including phenoxy) is 3. The van der Waals surface area contributed by atoms with Crippen molar-refractivity contribution in [2.45, 2.75) is 20.8 Å². The lowest BCUT2D eigenvalue weighted by Crippen LogP contribution is -2.17. The Hall–Kier alpha value is -12.8. The molecule has 1 aromatic carbocycles. The van der Waals surface area contributed by atoms with Gasteiger partial charge in [0, 0.05) is 36.9 Å². The standard InChI is InChI=1S/C21H17N9O2.2C16H15N9O2/c1-13-24-18(28-20(22)25-13)17-19(27-16-9-5-6-10-29(16)17)26-14-11-23-30(12-14)21(31)32-15-7-3-2-4-8-15;1-9-19-13(23-15(17)20-9)12-14(21-10-5-3-4-8-24(10)12)22-11-6-7-18-25(11)16(26)27-2;1-9-18-13(22-15(17)19-9)12-14(21-11-5-3-4-7-24(11)12)20-10-6-8-25(23-10)16(26)27-2/h2-12,26H,1H3,(H2,22,24,25,28);3-8,22H,1-2H3,(H2,17,19,20,23);3-8H,1-2H3,(H,20,23)(H2,17,18,19,22). The number of aromatic nitrogens is 21. The van der Waals surface area contributed by atoms with Gasteiger partial charge >= 0.3 is 18.3 Å². The van der Waals surface area contributed by atoms with Gasteiger partial charge in [0.25, 0.3) is 0 Å². The lowest BCUT2D eigenvalue weighted by atomic mass is 10.3. The van der Waals surface area contributed by atoms with Crippen LogP contribution in [-0.2, 0) is 9.47 Å². The number of carbonyl (C=O) groups excluding carboxylic acids is 3. The van der Waals surface area contributed by atoms with Crippen LogP contribution in [0.4, 0.5) is 67.0 Å². The molecule has 0 atom stereocenters. The number of methoxy groups -OCH3 is 2. The van der Waals surface area contributed by atoms with E-state index in [-0.39, 0.29) is 17.8 Å². The lowest BCUT2D eigenvalue weighted by molar-refractivity contribution is 0.168. The fourth-order valence-corrected chi connectivity index (χ4v) is 8.43. The van der Waals surface area contributed by atoms with E-state index in [4.69, 9.17) is 26.7 Å². The molecular weight excluding hydrogens is 1110 g/mol. The number of aryl methyl sites for hydroxylation is 3. The number of benzene rings is 1. The molecular formula is C53H47N27O6. The van der Waals surface area contributed by atoms with E-state index in [0.717, 1.165) is 14.0 Å². The summed E-state index contributed by atoms with van der Waals surface area (Å²) in [6.07, 6.45) is 9.60. The highest BCUT2D eigenvalue weighted by Gasteiger charge is 2.23. The molecule has 12 heterocycles. The van der Waals surface area contributed by atoms with Crippen molar-refractivity contribution < 1.29 is 28.6 Å². The van der Waals surface area contributed by atoms with Crippen LogP contribution < -0.4 is 37.9 Å². The van der Waals surface area contributed by atoms with Gasteiger partial charge in [-0.25, -0.2) is 44.3 Å². The molecule has 0 radical (unpaired) electrons. The highest BCUT2D eigenvalue weighted by Crippen LogP contribution is 2.32. The van der Waals surface area contributed by atoms with Crippen LogP contribution in [0.15, 0.2) is 140 Å². The van der Waals surface area contributed by atoms with Crippen LogP contribution in [0, 0.1) is 20.8 Å². The summed E-state index contributed by atoms with van der Waals surface area (Å²) < 4.78 is 23.4. The molecule has 0 amide bonds. The summed E-state index contributed by atoms with van der Waals surface area (Å²) in [6.45, 7) is 5.19. The molecule has 0 aliphatic rings. The fraction of sp³-hybridized carbons (Fsp3) is 0.0943. The van der Waals surface area contributed by atoms with Crippen molar-refractivity contribution in [3.8, 4) is 40.3 Å². The van der Waals surface area contributed by atoms with Crippen molar-refractivity contribution >= 4 is 87.8 Å². The molecule has 0 aliphatic carbocycles. The van der Waals surface area contributed by atoms with Crippen molar-refractivity contribution in [2.75, 3.05) is 47.4 Å². The largest absolute Gasteiger partial charge is 0.451 e. The summed E-state index contributed by atoms with van der Waals surface area (Å²) >= 11 is 0. The van der Waals surface area contributed by atoms with E-state index in [0.29, 0.717) is 109 Å². The van der Waals surface area contributed by atoms with Crippen molar-refractivity contribution in [3.63, 3.8) is 0 Å². The first-order chi connectivity index (χ1) is 41.7. The molecule has 430 valence electrons. The molecule has 33 heteroatoms. The molecule has 13 aromatic rings. The van der Waals surface area contributed by atoms with E-state index in [1.807, 2.05) is 92.5 Å². The Kier molecular flexibility index (Phi) is 15.2. The van der Waals surface area contributed by atoms with Crippen LogP contribution in [-0.4, -0.2) is 135 Å². The Morgan fingerprint density at radius 1 is 0.465 bits per heavy atom. The van der Waals surface area contributed by atoms with Gasteiger partial charge in [0.05, 0.1) is 38.5 Å². The molecule has 13 rings (SSSR count). The Labute approximate surface area is 483 Å². The first-order valence-corrected chi connectivity index (χ1v) is 25.4. The van der Waals surface area contributed by atoms with Crippen LogP contribution in [0.25, 0.3) is 51.5 Å². The van der Waals surface area contributed by atoms with E-state index < -0.39 is 18.3 Å². The summed E-state index contributed by atoms with van der Waals surface area (Å²) in [4.78, 5) is 87.5. The van der Waals surface area contributed by atoms with Gasteiger partial charge in [0.15, 0.2) is 40.7 Å². The molecule has 33 nitrogen and oxygen atoms in total. The monoisotopic (exact) mass is 1160 g/mol. The van der Waals surface area contributed by atoms with Gasteiger partial charge < -0.3 is 47.4 Å². The minimum atomic E-state index is -0.639. The molecule has 0 saturated heterocycles. The number of nitrogens with one attached hydrogen (secondary N) is 3. The molecule has 0 bridgehead atoms. The number of para-hydroxylation sites is 1. The lowest BCUT2D eigenvalue weighted by Gasteiger charge is -2.08. The zero-order valence-corrected chi connectivity index (χ0v) is 45.9.